The number of nitrogens with zero attached hydrogens (tertiary/aromatic N) is 2. The lowest BCUT2D eigenvalue weighted by molar-refractivity contribution is 0.503. The predicted octanol–water partition coefficient (Wildman–Crippen LogP) is 6.14. The van der Waals surface area contributed by atoms with E-state index in [1.807, 2.05) is 37.3 Å². The standard InChI is InChI=1S/C24H31N5S/c1-15(24(6,7)8)13-16(2)26-19(5)28-21-11-9-20(10-12-21)27-17(3)23-22(30)14-25-18(4)29-23/h9-14,26-28,30H,2-3,5H2,1,4,6-8H3/b15-13+. The van der Waals surface area contributed by atoms with Crippen LogP contribution in [0.15, 0.2) is 78.3 Å². The van der Waals surface area contributed by atoms with E-state index in [2.05, 4.69) is 86.0 Å². The minimum atomic E-state index is 0.102. The quantitative estimate of drug-likeness (QED) is 0.305. The lowest BCUT2D eigenvalue weighted by Gasteiger charge is -2.20. The van der Waals surface area contributed by atoms with Crippen LogP contribution in [0.5, 0.6) is 0 Å². The number of rotatable bonds is 8. The number of allylic oxidation sites excluding steroid dienone is 2. The van der Waals surface area contributed by atoms with Crippen molar-refractivity contribution in [1.82, 2.24) is 15.3 Å². The van der Waals surface area contributed by atoms with Crippen molar-refractivity contribution in [2.24, 2.45) is 5.41 Å². The lowest BCUT2D eigenvalue weighted by Crippen LogP contribution is -2.17. The molecule has 0 amide bonds. The molecule has 0 saturated heterocycles. The minimum absolute atomic E-state index is 0.102. The molecule has 0 bridgehead atoms. The normalized spacial score (nSPS) is 11.6. The van der Waals surface area contributed by atoms with Gasteiger partial charge >= 0.3 is 0 Å². The molecule has 0 saturated carbocycles. The average Bonchev–Trinajstić information content (AvgIpc) is 2.64. The van der Waals surface area contributed by atoms with E-state index in [1.165, 1.54) is 5.57 Å². The molecule has 0 radical (unpaired) electrons. The van der Waals surface area contributed by atoms with Crippen LogP contribution >= 0.6 is 12.6 Å². The fourth-order valence-corrected chi connectivity index (χ4v) is 2.71. The van der Waals surface area contributed by atoms with Crippen molar-refractivity contribution in [2.75, 3.05) is 10.6 Å². The third-order valence-electron chi connectivity index (χ3n) is 4.54. The molecule has 1 aromatic carbocycles. The van der Waals surface area contributed by atoms with Gasteiger partial charge in [-0.2, -0.15) is 0 Å². The Morgan fingerprint density at radius 1 is 1.03 bits per heavy atom. The molecule has 0 fully saturated rings. The maximum absolute atomic E-state index is 4.40. The first-order chi connectivity index (χ1) is 14.0. The van der Waals surface area contributed by atoms with Gasteiger partial charge in [0.05, 0.1) is 10.6 Å². The average molecular weight is 422 g/mol. The molecule has 0 unspecified atom stereocenters. The van der Waals surface area contributed by atoms with Crippen molar-refractivity contribution in [3.63, 3.8) is 0 Å². The van der Waals surface area contributed by atoms with E-state index in [1.54, 1.807) is 6.20 Å². The van der Waals surface area contributed by atoms with Crippen molar-refractivity contribution in [2.45, 2.75) is 39.5 Å². The van der Waals surface area contributed by atoms with Crippen molar-refractivity contribution < 1.29 is 0 Å². The third-order valence-corrected chi connectivity index (χ3v) is 4.86. The zero-order chi connectivity index (χ0) is 22.5. The Morgan fingerprint density at radius 2 is 1.60 bits per heavy atom. The molecular weight excluding hydrogens is 390 g/mol. The molecule has 5 nitrogen and oxygen atoms in total. The molecule has 1 aromatic heterocycles. The highest BCUT2D eigenvalue weighted by Crippen LogP contribution is 2.25. The molecule has 0 aliphatic heterocycles. The summed E-state index contributed by atoms with van der Waals surface area (Å²) < 4.78 is 0. The first kappa shape index (κ1) is 23.3. The lowest BCUT2D eigenvalue weighted by atomic mass is 9.87. The van der Waals surface area contributed by atoms with Crippen LogP contribution in [0.4, 0.5) is 11.4 Å². The van der Waals surface area contributed by atoms with Crippen LogP contribution in [0.1, 0.15) is 39.2 Å². The second-order valence-corrected chi connectivity index (χ2v) is 8.64. The summed E-state index contributed by atoms with van der Waals surface area (Å²) >= 11 is 4.40. The van der Waals surface area contributed by atoms with Crippen LogP contribution in [0, 0.1) is 12.3 Å². The SMILES string of the molecule is C=C(/C=C(\C)C(C)(C)C)NC(=C)Nc1ccc(NC(=C)c2nc(C)ncc2S)cc1. The van der Waals surface area contributed by atoms with Crippen LogP contribution in [0.25, 0.3) is 5.70 Å². The van der Waals surface area contributed by atoms with E-state index < -0.39 is 0 Å². The Balaban J connectivity index is 1.96. The van der Waals surface area contributed by atoms with Gasteiger partial charge in [0.25, 0.3) is 0 Å². The molecule has 1 heterocycles. The fourth-order valence-electron chi connectivity index (χ4n) is 2.47. The number of anilines is 2. The molecule has 2 rings (SSSR count). The van der Waals surface area contributed by atoms with E-state index in [0.717, 1.165) is 17.1 Å². The van der Waals surface area contributed by atoms with Crippen LogP contribution in [-0.2, 0) is 0 Å². The first-order valence-corrected chi connectivity index (χ1v) is 10.1. The van der Waals surface area contributed by atoms with Gasteiger partial charge in [0.15, 0.2) is 0 Å². The number of aromatic nitrogens is 2. The number of nitrogens with one attached hydrogen (secondary N) is 3. The Kier molecular flexibility index (Phi) is 7.51. The number of thiol groups is 1. The Labute approximate surface area is 185 Å². The summed E-state index contributed by atoms with van der Waals surface area (Å²) in [4.78, 5) is 9.20. The van der Waals surface area contributed by atoms with Crippen LogP contribution in [-0.4, -0.2) is 9.97 Å². The highest BCUT2D eigenvalue weighted by molar-refractivity contribution is 7.80. The van der Waals surface area contributed by atoms with Gasteiger partial charge in [0.2, 0.25) is 0 Å². The fraction of sp³-hybridized carbons (Fsp3) is 0.250. The number of aryl methyl sites for hydroxylation is 1. The summed E-state index contributed by atoms with van der Waals surface area (Å²) in [6, 6.07) is 7.81. The van der Waals surface area contributed by atoms with E-state index in [4.69, 9.17) is 0 Å². The van der Waals surface area contributed by atoms with Crippen LogP contribution in [0.3, 0.4) is 0 Å². The molecule has 0 spiro atoms. The highest BCUT2D eigenvalue weighted by Gasteiger charge is 2.12. The third kappa shape index (κ3) is 6.81. The van der Waals surface area contributed by atoms with Crippen molar-refractivity contribution in [3.8, 4) is 0 Å². The van der Waals surface area contributed by atoms with Gasteiger partial charge in [-0.1, -0.05) is 46.1 Å². The van der Waals surface area contributed by atoms with E-state index in [0.29, 0.717) is 27.9 Å². The summed E-state index contributed by atoms with van der Waals surface area (Å²) in [5.41, 5.74) is 5.27. The van der Waals surface area contributed by atoms with Gasteiger partial charge in [-0.15, -0.1) is 12.6 Å². The Morgan fingerprint density at radius 3 is 2.17 bits per heavy atom. The highest BCUT2D eigenvalue weighted by atomic mass is 32.1. The Hall–Kier alpha value is -2.99. The molecule has 2 aromatic rings. The molecule has 0 aliphatic rings. The zero-order valence-electron chi connectivity index (χ0n) is 18.4. The molecule has 3 N–H and O–H groups in total. The number of benzene rings is 1. The van der Waals surface area contributed by atoms with E-state index >= 15 is 0 Å². The number of hydrogen-bond acceptors (Lipinski definition) is 6. The summed E-state index contributed by atoms with van der Waals surface area (Å²) in [5.74, 6) is 1.32. The molecule has 158 valence electrons. The predicted molar refractivity (Wildman–Crippen MR) is 131 cm³/mol. The minimum Gasteiger partial charge on any atom is -0.354 e. The monoisotopic (exact) mass is 421 g/mol. The van der Waals surface area contributed by atoms with Crippen LogP contribution < -0.4 is 16.0 Å². The maximum atomic E-state index is 4.40. The maximum Gasteiger partial charge on any atom is 0.126 e. The largest absolute Gasteiger partial charge is 0.354 e. The molecule has 6 heteroatoms. The summed E-state index contributed by atoms with van der Waals surface area (Å²) in [7, 11) is 0. The summed E-state index contributed by atoms with van der Waals surface area (Å²) in [6.07, 6.45) is 3.71. The van der Waals surface area contributed by atoms with Crippen molar-refractivity contribution in [1.29, 1.82) is 0 Å². The number of hydrogen-bond donors (Lipinski definition) is 4. The topological polar surface area (TPSA) is 61.9 Å². The van der Waals surface area contributed by atoms with Gasteiger partial charge in [-0.05, 0) is 49.6 Å². The van der Waals surface area contributed by atoms with Gasteiger partial charge in [-0.3, -0.25) is 0 Å². The summed E-state index contributed by atoms with van der Waals surface area (Å²) in [5, 5.41) is 9.67. The van der Waals surface area contributed by atoms with E-state index in [9.17, 15) is 0 Å². The molecular formula is C24H31N5S. The van der Waals surface area contributed by atoms with Crippen LogP contribution in [0.2, 0.25) is 0 Å². The van der Waals surface area contributed by atoms with Crippen molar-refractivity contribution in [3.05, 3.63) is 84.9 Å². The molecule has 0 aliphatic carbocycles. The molecule has 30 heavy (non-hydrogen) atoms. The Bertz CT molecular complexity index is 982. The first-order valence-electron chi connectivity index (χ1n) is 9.65. The van der Waals surface area contributed by atoms with Gasteiger partial charge in [0.1, 0.15) is 17.3 Å². The van der Waals surface area contributed by atoms with Gasteiger partial charge in [-0.25, -0.2) is 9.97 Å². The molecule has 0 atom stereocenters. The van der Waals surface area contributed by atoms with E-state index in [-0.39, 0.29) is 5.41 Å². The smallest absolute Gasteiger partial charge is 0.126 e. The second kappa shape index (κ2) is 9.67. The van der Waals surface area contributed by atoms with Crippen molar-refractivity contribution >= 4 is 29.7 Å². The zero-order valence-corrected chi connectivity index (χ0v) is 19.3. The van der Waals surface area contributed by atoms with Gasteiger partial charge in [0, 0.05) is 23.3 Å². The summed E-state index contributed by atoms with van der Waals surface area (Å²) in [6.45, 7) is 22.6. The second-order valence-electron chi connectivity index (χ2n) is 8.16. The van der Waals surface area contributed by atoms with Gasteiger partial charge < -0.3 is 16.0 Å².